The predicted molar refractivity (Wildman–Crippen MR) is 64.1 cm³/mol. The van der Waals surface area contributed by atoms with E-state index in [1.165, 1.54) is 5.39 Å². The molecule has 0 radical (unpaired) electrons. The molecule has 0 saturated carbocycles. The van der Waals surface area contributed by atoms with E-state index >= 15 is 0 Å². The van der Waals surface area contributed by atoms with Crippen LogP contribution in [-0.2, 0) is 0 Å². The minimum atomic E-state index is 0.176. The van der Waals surface area contributed by atoms with Crippen molar-refractivity contribution < 1.29 is 5.11 Å². The molecule has 1 aromatic carbocycles. The number of hydrogen-bond acceptors (Lipinski definition) is 3. The molecule has 78 valence electrons. The van der Waals surface area contributed by atoms with Gasteiger partial charge in [-0.2, -0.15) is 0 Å². The highest BCUT2D eigenvalue weighted by molar-refractivity contribution is 8.00. The summed E-state index contributed by atoms with van der Waals surface area (Å²) in [6.45, 7) is 2.17. The molecule has 1 unspecified atom stereocenters. The first-order valence-corrected chi connectivity index (χ1v) is 5.80. The van der Waals surface area contributed by atoms with Gasteiger partial charge in [-0.25, -0.2) is 4.98 Å². The van der Waals surface area contributed by atoms with E-state index in [9.17, 15) is 0 Å². The summed E-state index contributed by atoms with van der Waals surface area (Å²) in [4.78, 5) is 4.35. The maximum absolute atomic E-state index is 9.02. The fourth-order valence-electron chi connectivity index (χ4n) is 1.41. The second-order valence-electron chi connectivity index (χ2n) is 3.45. The maximum Gasteiger partial charge on any atom is 0.104 e. The lowest BCUT2D eigenvalue weighted by Crippen LogP contribution is -2.02. The first kappa shape index (κ1) is 10.5. The molecule has 2 aromatic rings. The van der Waals surface area contributed by atoms with Crippen molar-refractivity contribution in [3.05, 3.63) is 36.5 Å². The summed E-state index contributed by atoms with van der Waals surface area (Å²) < 4.78 is 0. The van der Waals surface area contributed by atoms with Crippen LogP contribution in [0.1, 0.15) is 6.92 Å². The Bertz CT molecular complexity index is 453. The predicted octanol–water partition coefficient (Wildman–Crippen LogP) is 2.71. The fraction of sp³-hybridized carbons (Fsp3) is 0.250. The first-order valence-electron chi connectivity index (χ1n) is 4.92. The lowest BCUT2D eigenvalue weighted by atomic mass is 10.2. The van der Waals surface area contributed by atoms with Crippen molar-refractivity contribution in [1.82, 2.24) is 4.98 Å². The molecule has 1 N–H and O–H groups in total. The van der Waals surface area contributed by atoms with E-state index in [0.717, 1.165) is 10.4 Å². The van der Waals surface area contributed by atoms with Gasteiger partial charge in [-0.1, -0.05) is 31.2 Å². The summed E-state index contributed by atoms with van der Waals surface area (Å²) >= 11 is 1.61. The number of thioether (sulfide) groups is 1. The van der Waals surface area contributed by atoms with E-state index < -0.39 is 0 Å². The van der Waals surface area contributed by atoms with Crippen LogP contribution in [0.4, 0.5) is 0 Å². The van der Waals surface area contributed by atoms with Gasteiger partial charge in [0.05, 0.1) is 6.61 Å². The summed E-state index contributed by atoms with van der Waals surface area (Å²) in [6.07, 6.45) is 1.81. The lowest BCUT2D eigenvalue weighted by molar-refractivity contribution is 0.300. The Kier molecular flexibility index (Phi) is 3.23. The van der Waals surface area contributed by atoms with E-state index in [1.807, 2.05) is 31.3 Å². The standard InChI is InChI=1S/C12H13NOS/c1-9(8-14)15-12-11-5-3-2-4-10(11)6-7-13-12/h2-7,9,14H,8H2,1H3. The molecule has 0 amide bonds. The van der Waals surface area contributed by atoms with Crippen LogP contribution in [0.5, 0.6) is 0 Å². The van der Waals surface area contributed by atoms with E-state index in [2.05, 4.69) is 17.1 Å². The number of rotatable bonds is 3. The number of pyridine rings is 1. The van der Waals surface area contributed by atoms with Crippen molar-refractivity contribution in [1.29, 1.82) is 0 Å². The summed E-state index contributed by atoms with van der Waals surface area (Å²) in [7, 11) is 0. The van der Waals surface area contributed by atoms with Crippen LogP contribution < -0.4 is 0 Å². The average molecular weight is 219 g/mol. The molecule has 0 fully saturated rings. The largest absolute Gasteiger partial charge is 0.395 e. The summed E-state index contributed by atoms with van der Waals surface area (Å²) in [6, 6.07) is 10.2. The van der Waals surface area contributed by atoms with Crippen LogP contribution >= 0.6 is 11.8 Å². The molecular formula is C12H13NOS. The monoisotopic (exact) mass is 219 g/mol. The molecule has 0 aliphatic carbocycles. The van der Waals surface area contributed by atoms with Crippen molar-refractivity contribution in [3.8, 4) is 0 Å². The zero-order valence-electron chi connectivity index (χ0n) is 8.55. The van der Waals surface area contributed by atoms with Crippen molar-refractivity contribution in [2.75, 3.05) is 6.61 Å². The quantitative estimate of drug-likeness (QED) is 0.806. The maximum atomic E-state index is 9.02. The van der Waals surface area contributed by atoms with Crippen LogP contribution in [0.3, 0.4) is 0 Å². The summed E-state index contributed by atoms with van der Waals surface area (Å²) in [5.74, 6) is 0. The average Bonchev–Trinajstić information content (AvgIpc) is 2.29. The molecule has 0 spiro atoms. The third kappa shape index (κ3) is 2.30. The molecule has 2 rings (SSSR count). The number of benzene rings is 1. The Morgan fingerprint density at radius 2 is 2.13 bits per heavy atom. The van der Waals surface area contributed by atoms with Gasteiger partial charge >= 0.3 is 0 Å². The van der Waals surface area contributed by atoms with E-state index in [1.54, 1.807) is 11.8 Å². The van der Waals surface area contributed by atoms with Crippen molar-refractivity contribution >= 4 is 22.5 Å². The number of nitrogens with zero attached hydrogens (tertiary/aromatic N) is 1. The zero-order valence-corrected chi connectivity index (χ0v) is 9.37. The molecule has 15 heavy (non-hydrogen) atoms. The van der Waals surface area contributed by atoms with Gasteiger partial charge in [0.2, 0.25) is 0 Å². The Hall–Kier alpha value is -1.06. The highest BCUT2D eigenvalue weighted by Crippen LogP contribution is 2.28. The van der Waals surface area contributed by atoms with Gasteiger partial charge < -0.3 is 5.11 Å². The first-order chi connectivity index (χ1) is 7.31. The minimum absolute atomic E-state index is 0.176. The molecule has 1 atom stereocenters. The number of hydrogen-bond donors (Lipinski definition) is 1. The third-order valence-electron chi connectivity index (χ3n) is 2.21. The van der Waals surface area contributed by atoms with Crippen molar-refractivity contribution in [3.63, 3.8) is 0 Å². The van der Waals surface area contributed by atoms with Gasteiger partial charge in [-0.15, -0.1) is 11.8 Å². The Morgan fingerprint density at radius 1 is 1.33 bits per heavy atom. The van der Waals surface area contributed by atoms with Crippen LogP contribution in [0.15, 0.2) is 41.6 Å². The van der Waals surface area contributed by atoms with Gasteiger partial charge in [0, 0.05) is 16.8 Å². The summed E-state index contributed by atoms with van der Waals surface area (Å²) in [5, 5.41) is 12.6. The number of aliphatic hydroxyl groups excluding tert-OH is 1. The molecule has 1 heterocycles. The molecule has 1 aromatic heterocycles. The number of aromatic nitrogens is 1. The Morgan fingerprint density at radius 3 is 2.93 bits per heavy atom. The van der Waals surface area contributed by atoms with E-state index in [0.29, 0.717) is 0 Å². The van der Waals surface area contributed by atoms with Gasteiger partial charge in [-0.3, -0.25) is 0 Å². The molecule has 0 saturated heterocycles. The lowest BCUT2D eigenvalue weighted by Gasteiger charge is -2.08. The molecule has 3 heteroatoms. The van der Waals surface area contributed by atoms with Gasteiger partial charge in [0.1, 0.15) is 5.03 Å². The summed E-state index contributed by atoms with van der Waals surface area (Å²) in [5.41, 5.74) is 0. The van der Waals surface area contributed by atoms with Crippen LogP contribution in [-0.4, -0.2) is 21.9 Å². The van der Waals surface area contributed by atoms with Gasteiger partial charge in [0.15, 0.2) is 0 Å². The molecule has 0 aliphatic heterocycles. The Labute approximate surface area is 93.3 Å². The zero-order chi connectivity index (χ0) is 10.7. The second kappa shape index (κ2) is 4.64. The van der Waals surface area contributed by atoms with Crippen LogP contribution in [0.25, 0.3) is 10.8 Å². The normalized spacial score (nSPS) is 12.9. The second-order valence-corrected chi connectivity index (χ2v) is 4.88. The molecular weight excluding hydrogens is 206 g/mol. The van der Waals surface area contributed by atoms with Gasteiger partial charge in [-0.05, 0) is 11.5 Å². The van der Waals surface area contributed by atoms with E-state index in [-0.39, 0.29) is 11.9 Å². The Balaban J connectivity index is 2.42. The highest BCUT2D eigenvalue weighted by Gasteiger charge is 2.07. The minimum Gasteiger partial charge on any atom is -0.395 e. The smallest absolute Gasteiger partial charge is 0.104 e. The fourth-order valence-corrected chi connectivity index (χ4v) is 2.30. The number of fused-ring (bicyclic) bond motifs is 1. The van der Waals surface area contributed by atoms with Crippen molar-refractivity contribution in [2.24, 2.45) is 0 Å². The molecule has 0 aliphatic rings. The molecule has 0 bridgehead atoms. The number of aliphatic hydroxyl groups is 1. The third-order valence-corrected chi connectivity index (χ3v) is 3.31. The van der Waals surface area contributed by atoms with E-state index in [4.69, 9.17) is 5.11 Å². The highest BCUT2D eigenvalue weighted by atomic mass is 32.2. The topological polar surface area (TPSA) is 33.1 Å². The van der Waals surface area contributed by atoms with Crippen LogP contribution in [0, 0.1) is 0 Å². The van der Waals surface area contributed by atoms with Gasteiger partial charge in [0.25, 0.3) is 0 Å². The van der Waals surface area contributed by atoms with Crippen LogP contribution in [0.2, 0.25) is 0 Å². The van der Waals surface area contributed by atoms with Crippen molar-refractivity contribution in [2.45, 2.75) is 17.2 Å². The molecule has 2 nitrogen and oxygen atoms in total. The SMILES string of the molecule is CC(CO)Sc1nccc2ccccc12.